The molecule has 0 atom stereocenters. The van der Waals surface area contributed by atoms with Gasteiger partial charge in [-0.1, -0.05) is 29.8 Å². The number of alkyl halides is 7. The molecule has 0 aromatic heterocycles. The predicted molar refractivity (Wildman–Crippen MR) is 109 cm³/mol. The van der Waals surface area contributed by atoms with E-state index < -0.39 is 26.3 Å². The summed E-state index contributed by atoms with van der Waals surface area (Å²) in [6, 6.07) is 0. The van der Waals surface area contributed by atoms with Crippen molar-refractivity contribution in [2.24, 2.45) is 5.41 Å². The predicted octanol–water partition coefficient (Wildman–Crippen LogP) is 7.40. The monoisotopic (exact) mass is 622 g/mol. The Morgan fingerprint density at radius 2 is 1.39 bits per heavy atom. The zero-order valence-electron chi connectivity index (χ0n) is 12.4. The van der Waals surface area contributed by atoms with E-state index in [2.05, 4.69) is 47.8 Å². The lowest BCUT2D eigenvalue weighted by atomic mass is 9.98. The molecule has 0 aliphatic carbocycles. The number of hydrogen-bond acceptors (Lipinski definition) is 4. The molecule has 0 amide bonds. The lowest BCUT2D eigenvalue weighted by Crippen LogP contribution is -2.37. The van der Waals surface area contributed by atoms with E-state index in [1.54, 1.807) is 0 Å². The molecule has 12 heteroatoms. The van der Waals surface area contributed by atoms with Gasteiger partial charge in [-0.05, 0) is 31.9 Å². The first-order valence-electron chi connectivity index (χ1n) is 6.45. The SMILES string of the molecule is CC(C)(CBr)C(Br)(Br)OP(=O)(OCCC(Cl)Cl)OCCC(Cl)Cl. The molecule has 0 bridgehead atoms. The van der Waals surface area contributed by atoms with Crippen LogP contribution in [0.15, 0.2) is 0 Å². The minimum Gasteiger partial charge on any atom is -0.287 e. The topological polar surface area (TPSA) is 44.8 Å². The molecule has 0 aromatic rings. The summed E-state index contributed by atoms with van der Waals surface area (Å²) >= 11 is 32.7. The average Bonchev–Trinajstić information content (AvgIpc) is 2.36. The fourth-order valence-corrected chi connectivity index (χ4v) is 5.15. The highest BCUT2D eigenvalue weighted by Crippen LogP contribution is 2.60. The molecule has 0 fully saturated rings. The summed E-state index contributed by atoms with van der Waals surface area (Å²) in [5, 5.41) is 0.549. The molecule has 0 spiro atoms. The van der Waals surface area contributed by atoms with E-state index in [4.69, 9.17) is 60.0 Å². The molecule has 0 aliphatic rings. The van der Waals surface area contributed by atoms with Gasteiger partial charge in [0.2, 0.25) is 0 Å². The van der Waals surface area contributed by atoms with Gasteiger partial charge in [-0.25, -0.2) is 4.57 Å². The van der Waals surface area contributed by atoms with Gasteiger partial charge in [-0.2, -0.15) is 0 Å². The number of halogens is 7. The van der Waals surface area contributed by atoms with Crippen molar-refractivity contribution in [3.8, 4) is 0 Å². The normalized spacial score (nSPS) is 14.0. The van der Waals surface area contributed by atoms with E-state index in [-0.39, 0.29) is 26.1 Å². The molecular weight excluding hydrogens is 609 g/mol. The summed E-state index contributed by atoms with van der Waals surface area (Å²) in [6.07, 6.45) is 0.541. The minimum atomic E-state index is -3.91. The summed E-state index contributed by atoms with van der Waals surface area (Å²) in [5.41, 5.74) is -0.488. The van der Waals surface area contributed by atoms with Crippen molar-refractivity contribution < 1.29 is 18.1 Å². The third kappa shape index (κ3) is 10.6. The molecule has 4 nitrogen and oxygen atoms in total. The maximum absolute atomic E-state index is 12.8. The van der Waals surface area contributed by atoms with Crippen LogP contribution in [-0.4, -0.2) is 31.6 Å². The summed E-state index contributed by atoms with van der Waals surface area (Å²) < 4.78 is 27.8. The van der Waals surface area contributed by atoms with Gasteiger partial charge < -0.3 is 0 Å². The lowest BCUT2D eigenvalue weighted by molar-refractivity contribution is 0.0624. The molecule has 0 heterocycles. The Morgan fingerprint density at radius 1 is 1.00 bits per heavy atom. The van der Waals surface area contributed by atoms with Crippen molar-refractivity contribution in [2.75, 3.05) is 18.5 Å². The Kier molecular flexibility index (Phi) is 12.9. The van der Waals surface area contributed by atoms with Crippen molar-refractivity contribution >= 4 is 102 Å². The van der Waals surface area contributed by atoms with E-state index in [0.717, 1.165) is 0 Å². The van der Waals surface area contributed by atoms with Crippen molar-refractivity contribution in [3.63, 3.8) is 0 Å². The maximum atomic E-state index is 12.8. The summed E-state index contributed by atoms with van der Waals surface area (Å²) in [4.78, 5) is -1.29. The summed E-state index contributed by atoms with van der Waals surface area (Å²) in [7, 11) is -3.91. The van der Waals surface area contributed by atoms with Gasteiger partial charge in [0, 0.05) is 23.6 Å². The van der Waals surface area contributed by atoms with Crippen LogP contribution in [0.1, 0.15) is 26.7 Å². The van der Waals surface area contributed by atoms with Gasteiger partial charge in [0.15, 0.2) is 3.42 Å². The van der Waals surface area contributed by atoms with Crippen LogP contribution >= 0.6 is 102 Å². The van der Waals surface area contributed by atoms with Crippen molar-refractivity contribution in [1.29, 1.82) is 0 Å². The Hall–Kier alpha value is 2.71. The van der Waals surface area contributed by atoms with E-state index >= 15 is 0 Å². The minimum absolute atomic E-state index is 0.00490. The Labute approximate surface area is 182 Å². The van der Waals surface area contributed by atoms with Gasteiger partial charge in [0.25, 0.3) is 0 Å². The highest BCUT2D eigenvalue weighted by Gasteiger charge is 2.48. The summed E-state index contributed by atoms with van der Waals surface area (Å²) in [5.74, 6) is 0. The average molecular weight is 627 g/mol. The second kappa shape index (κ2) is 11.5. The first kappa shape index (κ1) is 25.7. The van der Waals surface area contributed by atoms with Gasteiger partial charge in [0.1, 0.15) is 9.67 Å². The van der Waals surface area contributed by atoms with Gasteiger partial charge in [0.05, 0.1) is 13.2 Å². The molecular formula is C11H18Br3Cl4O4P. The first-order chi connectivity index (χ1) is 10.4. The highest BCUT2D eigenvalue weighted by atomic mass is 79.9. The van der Waals surface area contributed by atoms with Crippen molar-refractivity contribution in [3.05, 3.63) is 0 Å². The second-order valence-corrected chi connectivity index (χ2v) is 13.1. The Balaban J connectivity index is 4.99. The fourth-order valence-electron chi connectivity index (χ4n) is 0.939. The lowest BCUT2D eigenvalue weighted by Gasteiger charge is -2.37. The van der Waals surface area contributed by atoms with E-state index in [1.165, 1.54) is 0 Å². The number of hydrogen-bond donors (Lipinski definition) is 0. The standard InChI is InChI=1S/C11H18Br3Cl4O4P/c1-10(2,7-12)11(13,14)22-23(19,20-5-3-8(15)16)21-6-4-9(17)18/h8-9H,3-7H2,1-2H3. The second-order valence-electron chi connectivity index (χ2n) is 5.10. The van der Waals surface area contributed by atoms with Crippen LogP contribution in [0.4, 0.5) is 0 Å². The molecule has 0 aliphatic heterocycles. The molecule has 0 unspecified atom stereocenters. The summed E-state index contributed by atoms with van der Waals surface area (Å²) in [6.45, 7) is 3.78. The van der Waals surface area contributed by atoms with E-state index in [9.17, 15) is 4.57 Å². The van der Waals surface area contributed by atoms with Crippen LogP contribution < -0.4 is 0 Å². The third-order valence-electron chi connectivity index (χ3n) is 2.52. The Bertz CT molecular complexity index is 381. The van der Waals surface area contributed by atoms with Crippen LogP contribution in [0, 0.1) is 5.41 Å². The maximum Gasteiger partial charge on any atom is 0.476 e. The van der Waals surface area contributed by atoms with Crippen molar-refractivity contribution in [1.82, 2.24) is 0 Å². The molecule has 0 radical (unpaired) electrons. The highest BCUT2D eigenvalue weighted by molar-refractivity contribution is 9.25. The molecule has 0 aromatic carbocycles. The number of phosphoric acid groups is 1. The van der Waals surface area contributed by atoms with Crippen LogP contribution in [0.3, 0.4) is 0 Å². The van der Waals surface area contributed by atoms with Gasteiger partial charge in [-0.15, -0.1) is 46.4 Å². The third-order valence-corrected chi connectivity index (χ3v) is 9.26. The van der Waals surface area contributed by atoms with Crippen LogP contribution in [0.5, 0.6) is 0 Å². The van der Waals surface area contributed by atoms with Crippen LogP contribution in [-0.2, 0) is 18.1 Å². The van der Waals surface area contributed by atoms with Crippen LogP contribution in [0.2, 0.25) is 0 Å². The largest absolute Gasteiger partial charge is 0.476 e. The molecule has 0 saturated heterocycles. The van der Waals surface area contributed by atoms with Crippen LogP contribution in [0.25, 0.3) is 0 Å². The fraction of sp³-hybridized carbons (Fsp3) is 1.00. The van der Waals surface area contributed by atoms with Gasteiger partial charge >= 0.3 is 7.82 Å². The van der Waals surface area contributed by atoms with E-state index in [0.29, 0.717) is 5.33 Å². The molecule has 140 valence electrons. The molecule has 0 N–H and O–H groups in total. The smallest absolute Gasteiger partial charge is 0.287 e. The zero-order valence-corrected chi connectivity index (χ0v) is 21.1. The molecule has 0 rings (SSSR count). The van der Waals surface area contributed by atoms with Crippen molar-refractivity contribution in [2.45, 2.75) is 39.8 Å². The molecule has 0 saturated carbocycles. The zero-order chi connectivity index (χ0) is 18.3. The Morgan fingerprint density at radius 3 is 1.70 bits per heavy atom. The van der Waals surface area contributed by atoms with E-state index in [1.807, 2.05) is 13.8 Å². The first-order valence-corrected chi connectivity index (χ1v) is 12.4. The quantitative estimate of drug-likeness (QED) is 0.167. The molecule has 23 heavy (non-hydrogen) atoms. The number of phosphoric ester groups is 1. The van der Waals surface area contributed by atoms with Gasteiger partial charge in [-0.3, -0.25) is 13.6 Å². The number of rotatable bonds is 12.